The van der Waals surface area contributed by atoms with Crippen LogP contribution in [0.1, 0.15) is 19.7 Å². The van der Waals surface area contributed by atoms with E-state index in [9.17, 15) is 17.6 Å². The van der Waals surface area contributed by atoms with Gasteiger partial charge in [0.25, 0.3) is 0 Å². The Bertz CT molecular complexity index is 997. The van der Waals surface area contributed by atoms with Crippen LogP contribution in [0.25, 0.3) is 11.4 Å². The Balaban J connectivity index is 2.00. The molecule has 2 aromatic carbocycles. The molecule has 0 bridgehead atoms. The summed E-state index contributed by atoms with van der Waals surface area (Å²) in [5.74, 6) is -3.82. The van der Waals surface area contributed by atoms with Gasteiger partial charge in [-0.2, -0.15) is 0 Å². The molecule has 0 aliphatic carbocycles. The van der Waals surface area contributed by atoms with Crippen molar-refractivity contribution in [3.8, 4) is 17.1 Å². The van der Waals surface area contributed by atoms with Crippen molar-refractivity contribution in [3.63, 3.8) is 0 Å². The predicted molar refractivity (Wildman–Crippen MR) is 91.4 cm³/mol. The first kappa shape index (κ1) is 19.2. The molecule has 0 aliphatic rings. The Hall–Kier alpha value is -2.61. The van der Waals surface area contributed by atoms with Crippen LogP contribution in [0, 0.1) is 23.3 Å². The number of halogens is 5. The molecule has 3 rings (SSSR count). The van der Waals surface area contributed by atoms with Crippen molar-refractivity contribution in [2.24, 2.45) is 7.05 Å². The second-order valence-corrected chi connectivity index (χ2v) is 6.78. The van der Waals surface area contributed by atoms with E-state index in [0.29, 0.717) is 0 Å². The molecule has 9 heteroatoms. The van der Waals surface area contributed by atoms with Gasteiger partial charge in [-0.25, -0.2) is 17.6 Å². The SMILES string of the molecule is Cn1c(-c2ccc(F)cc2F)nnc1C(C)(C)Oc1c(F)cc(Cl)cc1F. The zero-order chi connectivity index (χ0) is 19.9. The molecule has 0 unspecified atom stereocenters. The minimum Gasteiger partial charge on any atom is -0.474 e. The van der Waals surface area contributed by atoms with E-state index >= 15 is 0 Å². The minimum absolute atomic E-state index is 0.0253. The molecule has 0 spiro atoms. The largest absolute Gasteiger partial charge is 0.474 e. The van der Waals surface area contributed by atoms with E-state index in [1.807, 2.05) is 0 Å². The van der Waals surface area contributed by atoms with Gasteiger partial charge < -0.3 is 9.30 Å². The van der Waals surface area contributed by atoms with E-state index in [4.69, 9.17) is 16.3 Å². The first-order valence-electron chi connectivity index (χ1n) is 7.79. The fourth-order valence-electron chi connectivity index (χ4n) is 2.69. The molecule has 0 aliphatic heterocycles. The highest BCUT2D eigenvalue weighted by Crippen LogP contribution is 2.33. The number of ether oxygens (including phenoxy) is 1. The lowest BCUT2D eigenvalue weighted by molar-refractivity contribution is 0.0836. The van der Waals surface area contributed by atoms with Gasteiger partial charge >= 0.3 is 0 Å². The summed E-state index contributed by atoms with van der Waals surface area (Å²) >= 11 is 5.61. The second kappa shape index (κ2) is 6.84. The Morgan fingerprint density at radius 1 is 0.963 bits per heavy atom. The Morgan fingerprint density at radius 3 is 2.19 bits per heavy atom. The molecular weight excluding hydrogens is 386 g/mol. The molecule has 0 amide bonds. The van der Waals surface area contributed by atoms with Crippen LogP contribution in [-0.2, 0) is 12.6 Å². The van der Waals surface area contributed by atoms with E-state index in [2.05, 4.69) is 10.2 Å². The van der Waals surface area contributed by atoms with Crippen LogP contribution in [0.15, 0.2) is 30.3 Å². The smallest absolute Gasteiger partial charge is 0.192 e. The molecule has 4 nitrogen and oxygen atoms in total. The normalized spacial score (nSPS) is 11.7. The average Bonchev–Trinajstić information content (AvgIpc) is 2.93. The summed E-state index contributed by atoms with van der Waals surface area (Å²) in [4.78, 5) is 0. The number of hydrogen-bond donors (Lipinski definition) is 0. The summed E-state index contributed by atoms with van der Waals surface area (Å²) in [6.07, 6.45) is 0. The molecule has 0 saturated heterocycles. The topological polar surface area (TPSA) is 39.9 Å². The molecule has 142 valence electrons. The van der Waals surface area contributed by atoms with Crippen molar-refractivity contribution in [2.75, 3.05) is 0 Å². The summed E-state index contributed by atoms with van der Waals surface area (Å²) in [5, 5.41) is 7.75. The monoisotopic (exact) mass is 399 g/mol. The molecule has 0 fully saturated rings. The minimum atomic E-state index is -1.33. The van der Waals surface area contributed by atoms with Gasteiger partial charge in [-0.15, -0.1) is 10.2 Å². The van der Waals surface area contributed by atoms with Crippen molar-refractivity contribution < 1.29 is 22.3 Å². The van der Waals surface area contributed by atoms with Crippen LogP contribution in [0.4, 0.5) is 17.6 Å². The van der Waals surface area contributed by atoms with Gasteiger partial charge in [0.05, 0.1) is 5.56 Å². The number of hydrogen-bond acceptors (Lipinski definition) is 3. The predicted octanol–water partition coefficient (Wildman–Crippen LogP) is 5.01. The first-order valence-corrected chi connectivity index (χ1v) is 8.17. The van der Waals surface area contributed by atoms with Crippen LogP contribution in [0.5, 0.6) is 5.75 Å². The van der Waals surface area contributed by atoms with Gasteiger partial charge in [0.1, 0.15) is 11.6 Å². The Kier molecular flexibility index (Phi) is 4.86. The lowest BCUT2D eigenvalue weighted by atomic mass is 10.1. The zero-order valence-corrected chi connectivity index (χ0v) is 15.3. The molecule has 0 saturated carbocycles. The maximum atomic E-state index is 14.0. The van der Waals surface area contributed by atoms with Crippen LogP contribution >= 0.6 is 11.6 Å². The van der Waals surface area contributed by atoms with Crippen molar-refractivity contribution >= 4 is 11.6 Å². The third-order valence-electron chi connectivity index (χ3n) is 3.91. The van der Waals surface area contributed by atoms with Gasteiger partial charge in [-0.3, -0.25) is 0 Å². The molecule has 27 heavy (non-hydrogen) atoms. The standard InChI is InChI=1S/C18H14ClF4N3O/c1-18(2,27-15-13(22)6-9(19)7-14(15)23)17-25-24-16(26(17)3)11-5-4-10(20)8-12(11)21/h4-8H,1-3H3. The highest BCUT2D eigenvalue weighted by atomic mass is 35.5. The van der Waals surface area contributed by atoms with Gasteiger partial charge in [0, 0.05) is 18.1 Å². The maximum Gasteiger partial charge on any atom is 0.192 e. The molecular formula is C18H14ClF4N3O. The summed E-state index contributed by atoms with van der Waals surface area (Å²) in [6, 6.07) is 4.89. The van der Waals surface area contributed by atoms with Crippen LogP contribution in [-0.4, -0.2) is 14.8 Å². The fraction of sp³-hybridized carbons (Fsp3) is 0.222. The van der Waals surface area contributed by atoms with Crippen molar-refractivity contribution in [1.29, 1.82) is 0 Å². The van der Waals surface area contributed by atoms with Crippen LogP contribution in [0.2, 0.25) is 5.02 Å². The summed E-state index contributed by atoms with van der Waals surface area (Å²) in [6.45, 7) is 3.05. The average molecular weight is 400 g/mol. The summed E-state index contributed by atoms with van der Waals surface area (Å²) in [5.41, 5.74) is -1.30. The van der Waals surface area contributed by atoms with Crippen molar-refractivity contribution in [2.45, 2.75) is 19.4 Å². The molecule has 1 heterocycles. The van der Waals surface area contributed by atoms with Gasteiger partial charge in [-0.1, -0.05) is 11.6 Å². The summed E-state index contributed by atoms with van der Waals surface area (Å²) < 4.78 is 62.2. The second-order valence-electron chi connectivity index (χ2n) is 6.34. The molecule has 3 aromatic rings. The number of benzene rings is 2. The van der Waals surface area contributed by atoms with Crippen molar-refractivity contribution in [3.05, 3.63) is 64.4 Å². The Morgan fingerprint density at radius 2 is 1.59 bits per heavy atom. The maximum absolute atomic E-state index is 14.0. The number of nitrogens with zero attached hydrogens (tertiary/aromatic N) is 3. The summed E-state index contributed by atoms with van der Waals surface area (Å²) in [7, 11) is 1.53. The van der Waals surface area contributed by atoms with Crippen LogP contribution in [0.3, 0.4) is 0 Å². The zero-order valence-electron chi connectivity index (χ0n) is 14.5. The van der Waals surface area contributed by atoms with E-state index in [-0.39, 0.29) is 22.2 Å². The van der Waals surface area contributed by atoms with E-state index < -0.39 is 34.6 Å². The lowest BCUT2D eigenvalue weighted by Crippen LogP contribution is -2.30. The van der Waals surface area contributed by atoms with E-state index in [0.717, 1.165) is 24.3 Å². The first-order chi connectivity index (χ1) is 12.6. The molecule has 0 atom stereocenters. The molecule has 1 aromatic heterocycles. The van der Waals surface area contributed by atoms with Gasteiger partial charge in [0.2, 0.25) is 0 Å². The molecule has 0 radical (unpaired) electrons. The Labute approximate surface area is 157 Å². The quantitative estimate of drug-likeness (QED) is 0.579. The number of rotatable bonds is 4. The van der Waals surface area contributed by atoms with E-state index in [1.54, 1.807) is 0 Å². The highest BCUT2D eigenvalue weighted by molar-refractivity contribution is 6.30. The van der Waals surface area contributed by atoms with Gasteiger partial charge in [0.15, 0.2) is 34.6 Å². The fourth-order valence-corrected chi connectivity index (χ4v) is 2.88. The third-order valence-corrected chi connectivity index (χ3v) is 4.12. The third kappa shape index (κ3) is 3.62. The highest BCUT2D eigenvalue weighted by Gasteiger charge is 2.32. The lowest BCUT2D eigenvalue weighted by Gasteiger charge is -2.26. The van der Waals surface area contributed by atoms with Crippen LogP contribution < -0.4 is 4.74 Å². The van der Waals surface area contributed by atoms with Gasteiger partial charge in [-0.05, 0) is 38.1 Å². The van der Waals surface area contributed by atoms with Crippen molar-refractivity contribution in [1.82, 2.24) is 14.8 Å². The molecule has 0 N–H and O–H groups in total. The number of aromatic nitrogens is 3. The van der Waals surface area contributed by atoms with E-state index in [1.165, 1.54) is 31.5 Å².